The summed E-state index contributed by atoms with van der Waals surface area (Å²) < 4.78 is 0. The molecule has 1 heterocycles. The highest BCUT2D eigenvalue weighted by molar-refractivity contribution is 6.06. The van der Waals surface area contributed by atoms with Crippen molar-refractivity contribution in [1.29, 1.82) is 0 Å². The van der Waals surface area contributed by atoms with Crippen molar-refractivity contribution in [3.63, 3.8) is 0 Å². The van der Waals surface area contributed by atoms with Crippen molar-refractivity contribution < 1.29 is 0 Å². The number of anilines is 2. The third-order valence-electron chi connectivity index (χ3n) is 8.67. The van der Waals surface area contributed by atoms with E-state index in [0.717, 1.165) is 24.2 Å². The Morgan fingerprint density at radius 2 is 1.42 bits per heavy atom. The van der Waals surface area contributed by atoms with Crippen molar-refractivity contribution in [2.45, 2.75) is 54.4 Å². The van der Waals surface area contributed by atoms with E-state index in [2.05, 4.69) is 194 Å². The van der Waals surface area contributed by atoms with Crippen molar-refractivity contribution >= 4 is 27.7 Å². The van der Waals surface area contributed by atoms with Crippen LogP contribution in [0.3, 0.4) is 0 Å². The van der Waals surface area contributed by atoms with E-state index in [9.17, 15) is 0 Å². The molecule has 0 fully saturated rings. The van der Waals surface area contributed by atoms with Crippen molar-refractivity contribution in [2.24, 2.45) is 0 Å². The van der Waals surface area contributed by atoms with Gasteiger partial charge in [0.05, 0.1) is 5.69 Å². The fraction of sp³-hybridized carbons (Fsp3) is 0.154. The molecule has 0 radical (unpaired) electrons. The molecule has 0 unspecified atom stereocenters. The summed E-state index contributed by atoms with van der Waals surface area (Å²) in [5, 5.41) is 2.52. The number of hydrogen-bond acceptors (Lipinski definition) is 1. The van der Waals surface area contributed by atoms with Crippen LogP contribution in [0, 0.1) is 6.92 Å². The Morgan fingerprint density at radius 1 is 0.736 bits per heavy atom. The molecule has 1 heteroatoms. The summed E-state index contributed by atoms with van der Waals surface area (Å²) in [5.74, 6) is 0. The van der Waals surface area contributed by atoms with Gasteiger partial charge in [-0.05, 0) is 89.6 Å². The molecular formula is C52H55N. The van der Waals surface area contributed by atoms with Gasteiger partial charge in [-0.25, -0.2) is 0 Å². The molecule has 0 bridgehead atoms. The topological polar surface area (TPSA) is 3.24 Å². The average Bonchev–Trinajstić information content (AvgIpc) is 3.76. The van der Waals surface area contributed by atoms with Crippen LogP contribution in [0.25, 0.3) is 27.5 Å². The van der Waals surface area contributed by atoms with Crippen molar-refractivity contribution in [3.8, 4) is 11.1 Å². The molecular weight excluding hydrogens is 639 g/mol. The van der Waals surface area contributed by atoms with Gasteiger partial charge in [0.15, 0.2) is 0 Å². The minimum Gasteiger partial charge on any atom is -0.310 e. The SMILES string of the molecule is C/C=C/C=C(\C=C/C1=CCC=C1)c1ccccc1.C=C1/C=C\C=C/Cc2cc3ccccc3c(-c3ccc(C)cc3)c2N1c1ccccc1.CC.CC. The first kappa shape index (κ1) is 39.9. The number of para-hydroxylation sites is 1. The molecule has 2 aliphatic rings. The highest BCUT2D eigenvalue weighted by Crippen LogP contribution is 2.45. The predicted octanol–water partition coefficient (Wildman–Crippen LogP) is 15.3. The predicted molar refractivity (Wildman–Crippen MR) is 237 cm³/mol. The van der Waals surface area contributed by atoms with Crippen molar-refractivity contribution in [1.82, 2.24) is 0 Å². The first-order valence-corrected chi connectivity index (χ1v) is 19.0. The van der Waals surface area contributed by atoms with Crippen molar-refractivity contribution in [2.75, 3.05) is 4.90 Å². The van der Waals surface area contributed by atoms with E-state index in [1.54, 1.807) is 0 Å². The molecule has 0 N–H and O–H groups in total. The summed E-state index contributed by atoms with van der Waals surface area (Å²) in [6.45, 7) is 16.6. The van der Waals surface area contributed by atoms with Crippen LogP contribution in [0.2, 0.25) is 0 Å². The number of rotatable bonds is 6. The molecule has 5 aromatic carbocycles. The second-order valence-electron chi connectivity index (χ2n) is 12.2. The number of hydrogen-bond donors (Lipinski definition) is 0. The lowest BCUT2D eigenvalue weighted by Gasteiger charge is -2.31. The van der Waals surface area contributed by atoms with E-state index in [1.165, 1.54) is 55.4 Å². The summed E-state index contributed by atoms with van der Waals surface area (Å²) >= 11 is 0. The maximum absolute atomic E-state index is 4.45. The lowest BCUT2D eigenvalue weighted by molar-refractivity contribution is 1.17. The molecule has 1 aliphatic carbocycles. The Kier molecular flexibility index (Phi) is 16.1. The number of nitrogens with zero attached hydrogens (tertiary/aromatic N) is 1. The second-order valence-corrected chi connectivity index (χ2v) is 12.2. The van der Waals surface area contributed by atoms with Crippen LogP contribution in [0.15, 0.2) is 206 Å². The Labute approximate surface area is 319 Å². The molecule has 0 aromatic heterocycles. The smallest absolute Gasteiger partial charge is 0.0581 e. The largest absolute Gasteiger partial charge is 0.310 e. The van der Waals surface area contributed by atoms with Crippen LogP contribution in [0.1, 0.15) is 57.7 Å². The van der Waals surface area contributed by atoms with Crippen molar-refractivity contribution in [3.05, 3.63) is 223 Å². The van der Waals surface area contributed by atoms with E-state index in [0.29, 0.717) is 0 Å². The quantitative estimate of drug-likeness (QED) is 0.160. The van der Waals surface area contributed by atoms with E-state index >= 15 is 0 Å². The van der Waals surface area contributed by atoms with E-state index < -0.39 is 0 Å². The number of allylic oxidation sites excluding steroid dienone is 14. The van der Waals surface area contributed by atoms with Gasteiger partial charge in [-0.15, -0.1) is 0 Å². The molecule has 0 atom stereocenters. The summed E-state index contributed by atoms with van der Waals surface area (Å²) in [5.41, 5.74) is 12.1. The third kappa shape index (κ3) is 10.8. The lowest BCUT2D eigenvalue weighted by Crippen LogP contribution is -2.17. The Bertz CT molecular complexity index is 2120. The Morgan fingerprint density at radius 3 is 2.09 bits per heavy atom. The maximum atomic E-state index is 4.45. The van der Waals surface area contributed by atoms with Gasteiger partial charge in [0.1, 0.15) is 0 Å². The van der Waals surface area contributed by atoms with Crippen LogP contribution >= 0.6 is 0 Å². The molecule has 53 heavy (non-hydrogen) atoms. The van der Waals surface area contributed by atoms with Gasteiger partial charge in [-0.2, -0.15) is 0 Å². The first-order valence-electron chi connectivity index (χ1n) is 19.0. The Balaban J connectivity index is 0.000000243. The molecule has 0 spiro atoms. The normalized spacial score (nSPS) is 14.8. The standard InChI is InChI=1S/C30H25N.C18H18.2C2H6/c1-22-17-19-24(20-18-22)29-28-16-10-9-12-25(28)21-26-13-6-3-5-11-23(2)31(30(26)29)27-14-7-4-8-15-27;1-2-3-11-18(17-12-5-4-6-13-17)15-14-16-9-7-8-10-16;2*1-2/h3-12,14-21H,2,13H2,1H3;2-7,9-15H,8H2,1H3;2*1-2H3/b6-3-,11-5-;3-2+,15-14-,18-11+;;. The number of benzene rings is 5. The summed E-state index contributed by atoms with van der Waals surface area (Å²) in [6.07, 6.45) is 27.6. The van der Waals surface area contributed by atoms with Gasteiger partial charge in [0, 0.05) is 16.9 Å². The zero-order valence-corrected chi connectivity index (χ0v) is 32.5. The van der Waals surface area contributed by atoms with Crippen LogP contribution in [0.5, 0.6) is 0 Å². The van der Waals surface area contributed by atoms with Gasteiger partial charge >= 0.3 is 0 Å². The zero-order valence-electron chi connectivity index (χ0n) is 32.5. The average molecular weight is 694 g/mol. The van der Waals surface area contributed by atoms with Crippen LogP contribution < -0.4 is 4.90 Å². The van der Waals surface area contributed by atoms with E-state index in [4.69, 9.17) is 0 Å². The molecule has 0 saturated heterocycles. The molecule has 1 nitrogen and oxygen atoms in total. The van der Waals surface area contributed by atoms with Gasteiger partial charge in [0.25, 0.3) is 0 Å². The summed E-state index contributed by atoms with van der Waals surface area (Å²) in [4.78, 5) is 2.31. The molecule has 0 amide bonds. The number of fused-ring (bicyclic) bond motifs is 2. The van der Waals surface area contributed by atoms with E-state index in [-0.39, 0.29) is 0 Å². The monoisotopic (exact) mass is 693 g/mol. The highest BCUT2D eigenvalue weighted by Gasteiger charge is 2.23. The fourth-order valence-corrected chi connectivity index (χ4v) is 6.21. The molecule has 1 aliphatic heterocycles. The summed E-state index contributed by atoms with van der Waals surface area (Å²) in [7, 11) is 0. The molecule has 7 rings (SSSR count). The molecule has 0 saturated carbocycles. The molecule has 268 valence electrons. The molecule has 5 aromatic rings. The van der Waals surface area contributed by atoms with Gasteiger partial charge < -0.3 is 4.90 Å². The van der Waals surface area contributed by atoms with Gasteiger partial charge in [-0.3, -0.25) is 0 Å². The third-order valence-corrected chi connectivity index (χ3v) is 8.67. The lowest BCUT2D eigenvalue weighted by atomic mass is 9.90. The zero-order chi connectivity index (χ0) is 37.8. The maximum Gasteiger partial charge on any atom is 0.0581 e. The minimum absolute atomic E-state index is 0.861. The fourth-order valence-electron chi connectivity index (χ4n) is 6.21. The minimum atomic E-state index is 0.861. The van der Waals surface area contributed by atoms with Gasteiger partial charge in [0.2, 0.25) is 0 Å². The Hall–Kier alpha value is -5.92. The van der Waals surface area contributed by atoms with Crippen LogP contribution in [-0.4, -0.2) is 0 Å². The first-order chi connectivity index (χ1) is 26.1. The number of aryl methyl sites for hydroxylation is 1. The van der Waals surface area contributed by atoms with Crippen LogP contribution in [-0.2, 0) is 6.42 Å². The summed E-state index contributed by atoms with van der Waals surface area (Å²) in [6, 6.07) is 40.9. The highest BCUT2D eigenvalue weighted by atomic mass is 15.1. The van der Waals surface area contributed by atoms with Crippen LogP contribution in [0.4, 0.5) is 11.4 Å². The van der Waals surface area contributed by atoms with E-state index in [1.807, 2.05) is 46.8 Å². The van der Waals surface area contributed by atoms with Gasteiger partial charge in [-0.1, -0.05) is 204 Å². The second kappa shape index (κ2) is 21.4.